The zero-order chi connectivity index (χ0) is 13.5. The Hall–Kier alpha value is -1.27. The van der Waals surface area contributed by atoms with Crippen molar-refractivity contribution in [1.82, 2.24) is 5.32 Å². The number of benzene rings is 1. The molecule has 0 aliphatic heterocycles. The zero-order valence-corrected chi connectivity index (χ0v) is 11.8. The summed E-state index contributed by atoms with van der Waals surface area (Å²) in [5.74, 6) is -0.447. The van der Waals surface area contributed by atoms with Gasteiger partial charge >= 0.3 is 12.0 Å². The Labute approximate surface area is 118 Å². The van der Waals surface area contributed by atoms with Crippen LogP contribution in [0, 0.1) is 0 Å². The van der Waals surface area contributed by atoms with Crippen molar-refractivity contribution in [3.8, 4) is 0 Å². The van der Waals surface area contributed by atoms with Gasteiger partial charge in [-0.3, -0.25) is 0 Å². The molecule has 0 aromatic heterocycles. The van der Waals surface area contributed by atoms with Crippen molar-refractivity contribution in [2.24, 2.45) is 5.73 Å². The van der Waals surface area contributed by atoms with E-state index < -0.39 is 12.0 Å². The standard InChI is InChI=1S/C11H12BrClN2O3/c12-9-6-7(13)2-3-8(9)10(16)18-5-1-4-15-11(14)17/h2-3,6H,1,4-5H2,(H3,14,15,17). The lowest BCUT2D eigenvalue weighted by molar-refractivity contribution is 0.0500. The Kier molecular flexibility index (Phi) is 5.94. The van der Waals surface area contributed by atoms with Gasteiger partial charge in [0.05, 0.1) is 12.2 Å². The molecule has 98 valence electrons. The third kappa shape index (κ3) is 4.93. The van der Waals surface area contributed by atoms with Crippen molar-refractivity contribution in [2.75, 3.05) is 13.2 Å². The van der Waals surface area contributed by atoms with Crippen molar-refractivity contribution >= 4 is 39.5 Å². The van der Waals surface area contributed by atoms with Crippen LogP contribution < -0.4 is 11.1 Å². The highest BCUT2D eigenvalue weighted by Gasteiger charge is 2.11. The summed E-state index contributed by atoms with van der Waals surface area (Å²) in [7, 11) is 0. The summed E-state index contributed by atoms with van der Waals surface area (Å²) in [5, 5.41) is 2.93. The van der Waals surface area contributed by atoms with Crippen LogP contribution in [-0.2, 0) is 4.74 Å². The Morgan fingerprint density at radius 1 is 1.44 bits per heavy atom. The van der Waals surface area contributed by atoms with Gasteiger partial charge in [-0.1, -0.05) is 11.6 Å². The van der Waals surface area contributed by atoms with E-state index in [-0.39, 0.29) is 6.61 Å². The lowest BCUT2D eigenvalue weighted by atomic mass is 10.2. The lowest BCUT2D eigenvalue weighted by Crippen LogP contribution is -2.30. The fourth-order valence-corrected chi connectivity index (χ4v) is 2.03. The Morgan fingerprint density at radius 2 is 2.17 bits per heavy atom. The maximum Gasteiger partial charge on any atom is 0.339 e. The van der Waals surface area contributed by atoms with E-state index >= 15 is 0 Å². The molecule has 2 amide bonds. The minimum atomic E-state index is -0.596. The van der Waals surface area contributed by atoms with Crippen molar-refractivity contribution in [3.63, 3.8) is 0 Å². The first-order valence-electron chi connectivity index (χ1n) is 5.16. The van der Waals surface area contributed by atoms with E-state index in [1.54, 1.807) is 18.2 Å². The number of primary amides is 1. The second-order valence-electron chi connectivity index (χ2n) is 3.40. The molecule has 0 bridgehead atoms. The van der Waals surface area contributed by atoms with Gasteiger partial charge in [0.1, 0.15) is 0 Å². The highest BCUT2D eigenvalue weighted by Crippen LogP contribution is 2.22. The molecule has 1 aromatic rings. The molecule has 1 rings (SSSR count). The maximum absolute atomic E-state index is 11.7. The lowest BCUT2D eigenvalue weighted by Gasteiger charge is -2.06. The summed E-state index contributed by atoms with van der Waals surface area (Å²) in [6.45, 7) is 0.568. The number of urea groups is 1. The number of carbonyl (C=O) groups excluding carboxylic acids is 2. The monoisotopic (exact) mass is 334 g/mol. The van der Waals surface area contributed by atoms with E-state index in [2.05, 4.69) is 21.2 Å². The molecule has 0 saturated carbocycles. The fraction of sp³-hybridized carbons (Fsp3) is 0.273. The number of halogens is 2. The molecule has 0 unspecified atom stereocenters. The van der Waals surface area contributed by atoms with Crippen LogP contribution in [0.4, 0.5) is 4.79 Å². The molecule has 5 nitrogen and oxygen atoms in total. The van der Waals surface area contributed by atoms with Crippen LogP contribution in [0.1, 0.15) is 16.8 Å². The van der Waals surface area contributed by atoms with Crippen LogP contribution in [0.3, 0.4) is 0 Å². The summed E-state index contributed by atoms with van der Waals surface area (Å²) >= 11 is 8.99. The van der Waals surface area contributed by atoms with Crippen LogP contribution >= 0.6 is 27.5 Å². The first kappa shape index (κ1) is 14.8. The Bertz CT molecular complexity index is 454. The van der Waals surface area contributed by atoms with Gasteiger partial charge in [-0.05, 0) is 40.5 Å². The molecule has 0 heterocycles. The van der Waals surface area contributed by atoms with Crippen molar-refractivity contribution in [3.05, 3.63) is 33.3 Å². The van der Waals surface area contributed by atoms with Crippen LogP contribution in [-0.4, -0.2) is 25.2 Å². The van der Waals surface area contributed by atoms with Crippen LogP contribution in [0.5, 0.6) is 0 Å². The second-order valence-corrected chi connectivity index (χ2v) is 4.70. The zero-order valence-electron chi connectivity index (χ0n) is 9.41. The molecular weight excluding hydrogens is 323 g/mol. The van der Waals surface area contributed by atoms with Crippen molar-refractivity contribution in [2.45, 2.75) is 6.42 Å². The van der Waals surface area contributed by atoms with Gasteiger partial charge in [0.2, 0.25) is 0 Å². The average molecular weight is 336 g/mol. The van der Waals surface area contributed by atoms with Gasteiger partial charge in [0, 0.05) is 16.0 Å². The highest BCUT2D eigenvalue weighted by atomic mass is 79.9. The molecular formula is C11H12BrClN2O3. The number of hydrogen-bond donors (Lipinski definition) is 2. The quantitative estimate of drug-likeness (QED) is 0.640. The van der Waals surface area contributed by atoms with Crippen LogP contribution in [0.2, 0.25) is 5.02 Å². The van der Waals surface area contributed by atoms with Crippen LogP contribution in [0.25, 0.3) is 0 Å². The predicted octanol–water partition coefficient (Wildman–Crippen LogP) is 2.32. The van der Waals surface area contributed by atoms with E-state index in [0.717, 1.165) is 0 Å². The number of nitrogens with one attached hydrogen (secondary N) is 1. The minimum Gasteiger partial charge on any atom is -0.462 e. The van der Waals surface area contributed by atoms with E-state index in [0.29, 0.717) is 28.0 Å². The second kappa shape index (κ2) is 7.23. The van der Waals surface area contributed by atoms with Gasteiger partial charge in [0.25, 0.3) is 0 Å². The molecule has 18 heavy (non-hydrogen) atoms. The van der Waals surface area contributed by atoms with Crippen molar-refractivity contribution in [1.29, 1.82) is 0 Å². The predicted molar refractivity (Wildman–Crippen MR) is 71.6 cm³/mol. The number of carbonyl (C=O) groups is 2. The summed E-state index contributed by atoms with van der Waals surface area (Å²) in [6, 6.07) is 4.21. The molecule has 7 heteroatoms. The Balaban J connectivity index is 2.39. The van der Waals surface area contributed by atoms with Gasteiger partial charge < -0.3 is 15.8 Å². The molecule has 0 radical (unpaired) electrons. The summed E-state index contributed by atoms with van der Waals surface area (Å²) < 4.78 is 5.61. The normalized spacial score (nSPS) is 9.89. The molecule has 0 aliphatic carbocycles. The largest absolute Gasteiger partial charge is 0.462 e. The average Bonchev–Trinajstić information content (AvgIpc) is 2.27. The minimum absolute atomic E-state index is 0.203. The first-order valence-corrected chi connectivity index (χ1v) is 6.33. The topological polar surface area (TPSA) is 81.4 Å². The van der Waals surface area contributed by atoms with E-state index in [9.17, 15) is 9.59 Å². The number of rotatable bonds is 5. The smallest absolute Gasteiger partial charge is 0.339 e. The summed E-state index contributed by atoms with van der Waals surface area (Å²) in [5.41, 5.74) is 5.29. The van der Waals surface area contributed by atoms with Gasteiger partial charge in [-0.2, -0.15) is 0 Å². The number of amides is 2. The first-order chi connectivity index (χ1) is 8.50. The molecule has 0 spiro atoms. The fourth-order valence-electron chi connectivity index (χ4n) is 1.18. The number of nitrogens with two attached hydrogens (primary N) is 1. The molecule has 1 aromatic carbocycles. The number of ether oxygens (including phenoxy) is 1. The third-order valence-electron chi connectivity index (χ3n) is 2.00. The van der Waals surface area contributed by atoms with Gasteiger partial charge in [-0.15, -0.1) is 0 Å². The van der Waals surface area contributed by atoms with E-state index in [4.69, 9.17) is 22.1 Å². The van der Waals surface area contributed by atoms with Crippen molar-refractivity contribution < 1.29 is 14.3 Å². The number of hydrogen-bond acceptors (Lipinski definition) is 3. The molecule has 0 aliphatic rings. The molecule has 0 atom stereocenters. The maximum atomic E-state index is 11.7. The molecule has 0 fully saturated rings. The molecule has 3 N–H and O–H groups in total. The van der Waals surface area contributed by atoms with Crippen LogP contribution in [0.15, 0.2) is 22.7 Å². The highest BCUT2D eigenvalue weighted by molar-refractivity contribution is 9.10. The Morgan fingerprint density at radius 3 is 2.78 bits per heavy atom. The number of esters is 1. The van der Waals surface area contributed by atoms with E-state index in [1.807, 2.05) is 0 Å². The third-order valence-corrected chi connectivity index (χ3v) is 2.90. The summed E-state index contributed by atoms with van der Waals surface area (Å²) in [6.07, 6.45) is 0.500. The van der Waals surface area contributed by atoms with E-state index in [1.165, 1.54) is 0 Å². The van der Waals surface area contributed by atoms with Gasteiger partial charge in [0.15, 0.2) is 0 Å². The molecule has 0 saturated heterocycles. The SMILES string of the molecule is NC(=O)NCCCOC(=O)c1ccc(Cl)cc1Br. The van der Waals surface area contributed by atoms with Gasteiger partial charge in [-0.25, -0.2) is 9.59 Å². The summed E-state index contributed by atoms with van der Waals surface area (Å²) in [4.78, 5) is 22.0.